The molecule has 5 amide bonds. The van der Waals surface area contributed by atoms with Crippen LogP contribution in [0.4, 0.5) is 9.59 Å². The highest BCUT2D eigenvalue weighted by Crippen LogP contribution is 2.33. The molecule has 2 fully saturated rings. The first-order valence-electron chi connectivity index (χ1n) is 15.4. The van der Waals surface area contributed by atoms with Crippen molar-refractivity contribution in [2.45, 2.75) is 64.2 Å². The van der Waals surface area contributed by atoms with Crippen molar-refractivity contribution in [3.8, 4) is 22.4 Å². The van der Waals surface area contributed by atoms with Gasteiger partial charge in [-0.2, -0.15) is 0 Å². The number of likely N-dealkylation sites (tertiary alicyclic amines) is 1. The Bertz CT molecular complexity index is 1500. The predicted octanol–water partition coefficient (Wildman–Crippen LogP) is 3.87. The number of imide groups is 1. The fourth-order valence-corrected chi connectivity index (χ4v) is 5.84. The van der Waals surface area contributed by atoms with E-state index < -0.39 is 18.2 Å². The van der Waals surface area contributed by atoms with Crippen LogP contribution in [0, 0.1) is 5.92 Å². The Morgan fingerprint density at radius 3 is 2.31 bits per heavy atom. The molecule has 12 heteroatoms. The smallest absolute Gasteiger partial charge is 0.407 e. The first kappa shape index (κ1) is 31.7. The molecule has 3 aromatic rings. The Hall–Kier alpha value is -4.71. The first-order valence-corrected chi connectivity index (χ1v) is 15.4. The summed E-state index contributed by atoms with van der Waals surface area (Å²) < 4.78 is 4.72. The molecule has 2 aliphatic heterocycles. The summed E-state index contributed by atoms with van der Waals surface area (Å²) in [5, 5.41) is 10.9. The van der Waals surface area contributed by atoms with E-state index in [4.69, 9.17) is 4.74 Å². The van der Waals surface area contributed by atoms with E-state index in [1.807, 2.05) is 62.4 Å². The number of nitrogens with one attached hydrogen (secondary N) is 5. The van der Waals surface area contributed by atoms with Crippen LogP contribution in [0.5, 0.6) is 0 Å². The monoisotopic (exact) mass is 615 g/mol. The van der Waals surface area contributed by atoms with E-state index >= 15 is 0 Å². The lowest BCUT2D eigenvalue weighted by Gasteiger charge is -2.30. The quantitative estimate of drug-likeness (QED) is 0.245. The maximum Gasteiger partial charge on any atom is 0.407 e. The molecule has 0 aliphatic carbocycles. The van der Waals surface area contributed by atoms with Crippen molar-refractivity contribution >= 4 is 23.9 Å². The molecule has 0 bridgehead atoms. The molecule has 238 valence electrons. The number of carbonyl (C=O) groups excluding carboxylic acids is 4. The van der Waals surface area contributed by atoms with E-state index in [9.17, 15) is 19.2 Å². The normalized spacial score (nSPS) is 18.4. The minimum absolute atomic E-state index is 0.0984. The molecule has 2 saturated heterocycles. The lowest BCUT2D eigenvalue weighted by Crippen LogP contribution is -2.51. The van der Waals surface area contributed by atoms with Gasteiger partial charge in [-0.25, -0.2) is 14.6 Å². The number of urea groups is 1. The average Bonchev–Trinajstić information content (AvgIpc) is 3.84. The molecule has 12 nitrogen and oxygen atoms in total. The number of alkyl carbamates (subject to hydrolysis) is 1. The van der Waals surface area contributed by atoms with E-state index in [2.05, 4.69) is 31.2 Å². The number of carbonyl (C=O) groups is 4. The third-order valence-corrected chi connectivity index (χ3v) is 8.39. The molecular weight excluding hydrogens is 574 g/mol. The molecule has 2 aromatic carbocycles. The van der Waals surface area contributed by atoms with Gasteiger partial charge in [0.15, 0.2) is 0 Å². The van der Waals surface area contributed by atoms with Crippen LogP contribution >= 0.6 is 0 Å². The highest BCUT2D eigenvalue weighted by molar-refractivity contribution is 5.97. The fourth-order valence-electron chi connectivity index (χ4n) is 5.84. The Morgan fingerprint density at radius 1 is 0.978 bits per heavy atom. The molecule has 3 heterocycles. The van der Waals surface area contributed by atoms with Crippen molar-refractivity contribution in [1.82, 2.24) is 36.1 Å². The summed E-state index contributed by atoms with van der Waals surface area (Å²) in [6.07, 6.45) is 4.47. The summed E-state index contributed by atoms with van der Waals surface area (Å²) >= 11 is 0. The summed E-state index contributed by atoms with van der Waals surface area (Å²) in [4.78, 5) is 59.3. The summed E-state index contributed by atoms with van der Waals surface area (Å²) in [5.41, 5.74) is 4.81. The van der Waals surface area contributed by atoms with E-state index in [1.165, 1.54) is 7.11 Å². The van der Waals surface area contributed by atoms with E-state index in [0.717, 1.165) is 66.0 Å². The summed E-state index contributed by atoms with van der Waals surface area (Å²) in [6, 6.07) is 14.3. The van der Waals surface area contributed by atoms with Gasteiger partial charge >= 0.3 is 12.1 Å². The predicted molar refractivity (Wildman–Crippen MR) is 169 cm³/mol. The zero-order valence-corrected chi connectivity index (χ0v) is 25.9. The van der Waals surface area contributed by atoms with Gasteiger partial charge in [-0.1, -0.05) is 62.4 Å². The highest BCUT2D eigenvalue weighted by Gasteiger charge is 2.37. The zero-order chi connectivity index (χ0) is 31.9. The van der Waals surface area contributed by atoms with Crippen molar-refractivity contribution in [2.24, 2.45) is 5.92 Å². The van der Waals surface area contributed by atoms with Gasteiger partial charge in [0.1, 0.15) is 11.9 Å². The van der Waals surface area contributed by atoms with Crippen LogP contribution in [0.1, 0.15) is 57.0 Å². The number of hydrogen-bond acceptors (Lipinski definition) is 7. The minimum Gasteiger partial charge on any atom is -0.453 e. The second-order valence-corrected chi connectivity index (χ2v) is 11.8. The van der Waals surface area contributed by atoms with Crippen LogP contribution in [0.2, 0.25) is 0 Å². The molecule has 5 N–H and O–H groups in total. The minimum atomic E-state index is -0.681. The van der Waals surface area contributed by atoms with Crippen LogP contribution in [-0.4, -0.2) is 71.1 Å². The number of aromatic nitrogens is 2. The lowest BCUT2D eigenvalue weighted by molar-refractivity contribution is -0.135. The molecule has 2 aliphatic rings. The first-order chi connectivity index (χ1) is 21.7. The third-order valence-electron chi connectivity index (χ3n) is 8.39. The molecule has 0 radical (unpaired) electrons. The Labute approximate surface area is 262 Å². The number of benzene rings is 2. The third kappa shape index (κ3) is 7.69. The summed E-state index contributed by atoms with van der Waals surface area (Å²) in [6.45, 7) is 5.49. The fraction of sp³-hybridized carbons (Fsp3) is 0.424. The second kappa shape index (κ2) is 14.4. The number of nitrogens with zero attached hydrogens (tertiary/aromatic N) is 2. The maximum atomic E-state index is 13.4. The molecule has 0 spiro atoms. The van der Waals surface area contributed by atoms with Crippen molar-refractivity contribution in [1.29, 1.82) is 0 Å². The van der Waals surface area contributed by atoms with Crippen molar-refractivity contribution in [2.75, 3.05) is 20.2 Å². The standard InChI is InChI=1S/C33H41N7O5/c1-20(2)28(38-33(44)45-3)31(42)40-17-5-7-27(40)29-35-19-26(37-29)24-14-12-23(13-15-24)22-10-8-21(9-11-22)18-36-32(43)39-30(41)25-6-4-16-34-25/h8-15,19-20,25,27-28,34H,4-7,16-18H2,1-3H3,(H,35,37)(H,38,44)(H2,36,39,41,43)/t25-,27-,28?/m0/s1. The topological polar surface area (TPSA) is 158 Å². The van der Waals surface area contributed by atoms with Gasteiger partial charge in [0.25, 0.3) is 0 Å². The summed E-state index contributed by atoms with van der Waals surface area (Å²) in [7, 11) is 1.28. The van der Waals surface area contributed by atoms with Gasteiger partial charge in [0.2, 0.25) is 11.8 Å². The highest BCUT2D eigenvalue weighted by atomic mass is 16.5. The molecule has 3 atom stereocenters. The zero-order valence-electron chi connectivity index (χ0n) is 25.9. The van der Waals surface area contributed by atoms with Gasteiger partial charge in [-0.15, -0.1) is 0 Å². The molecule has 1 aromatic heterocycles. The van der Waals surface area contributed by atoms with Gasteiger partial charge in [-0.3, -0.25) is 14.9 Å². The second-order valence-electron chi connectivity index (χ2n) is 11.8. The van der Waals surface area contributed by atoms with Gasteiger partial charge in [0, 0.05) is 13.1 Å². The van der Waals surface area contributed by atoms with Gasteiger partial charge in [0.05, 0.1) is 31.1 Å². The largest absolute Gasteiger partial charge is 0.453 e. The Balaban J connectivity index is 1.18. The van der Waals surface area contributed by atoms with Crippen LogP contribution in [0.15, 0.2) is 54.7 Å². The van der Waals surface area contributed by atoms with Crippen molar-refractivity contribution < 1.29 is 23.9 Å². The number of hydrogen-bond donors (Lipinski definition) is 5. The average molecular weight is 616 g/mol. The number of aromatic amines is 1. The molecule has 5 rings (SSSR count). The number of amides is 5. The Kier molecular flexibility index (Phi) is 10.1. The SMILES string of the molecule is COC(=O)NC(C(=O)N1CCC[C@H]1c1ncc(-c2ccc(-c3ccc(CNC(=O)NC(=O)[C@@H]4CCCN4)cc3)cc2)[nH]1)C(C)C. The maximum absolute atomic E-state index is 13.4. The number of methoxy groups -OCH3 is 1. The number of H-pyrrole nitrogens is 1. The van der Waals surface area contributed by atoms with Crippen LogP contribution < -0.4 is 21.3 Å². The number of rotatable bonds is 9. The van der Waals surface area contributed by atoms with Crippen LogP contribution in [0.25, 0.3) is 22.4 Å². The lowest BCUT2D eigenvalue weighted by atomic mass is 10.0. The molecule has 0 saturated carbocycles. The molecule has 1 unspecified atom stereocenters. The van der Waals surface area contributed by atoms with Crippen LogP contribution in [-0.2, 0) is 20.9 Å². The number of ether oxygens (including phenoxy) is 1. The summed E-state index contributed by atoms with van der Waals surface area (Å²) in [5.74, 6) is 0.185. The van der Waals surface area contributed by atoms with Gasteiger partial charge in [-0.05, 0) is 60.4 Å². The van der Waals surface area contributed by atoms with Crippen LogP contribution in [0.3, 0.4) is 0 Å². The van der Waals surface area contributed by atoms with Crippen molar-refractivity contribution in [3.63, 3.8) is 0 Å². The van der Waals surface area contributed by atoms with Crippen molar-refractivity contribution in [3.05, 3.63) is 66.1 Å². The molecular formula is C33H41N7O5. The van der Waals surface area contributed by atoms with E-state index in [-0.39, 0.29) is 29.8 Å². The van der Waals surface area contributed by atoms with E-state index in [0.29, 0.717) is 13.1 Å². The van der Waals surface area contributed by atoms with Gasteiger partial charge < -0.3 is 30.6 Å². The van der Waals surface area contributed by atoms with E-state index in [1.54, 1.807) is 11.1 Å². The Morgan fingerprint density at radius 2 is 1.67 bits per heavy atom. The number of imidazole rings is 1. The molecule has 45 heavy (non-hydrogen) atoms.